The Hall–Kier alpha value is -5.00. The molecule has 18 heteroatoms. The molecule has 0 radical (unpaired) electrons. The third kappa shape index (κ3) is 8.95. The van der Waals surface area contributed by atoms with Crippen LogP contribution in [0.2, 0.25) is 0 Å². The second-order valence-electron chi connectivity index (χ2n) is 15.7. The number of carbonyl (C=O) groups excluding carboxylic acids is 6. The first-order chi connectivity index (χ1) is 25.9. The lowest BCUT2D eigenvalue weighted by molar-refractivity contribution is -0.141. The van der Waals surface area contributed by atoms with Crippen LogP contribution in [0.1, 0.15) is 70.4 Å². The summed E-state index contributed by atoms with van der Waals surface area (Å²) in [6, 6.07) is 1.87. The van der Waals surface area contributed by atoms with Crippen molar-refractivity contribution in [2.45, 2.75) is 107 Å². The van der Waals surface area contributed by atoms with Crippen LogP contribution in [-0.4, -0.2) is 113 Å². The number of amides is 6. The summed E-state index contributed by atoms with van der Waals surface area (Å²) >= 11 is 0. The third-order valence-electron chi connectivity index (χ3n) is 10.4. The summed E-state index contributed by atoms with van der Waals surface area (Å²) in [5.74, 6) is -3.97. The van der Waals surface area contributed by atoms with Crippen LogP contribution >= 0.6 is 0 Å². The molecule has 6 rings (SSSR count). The van der Waals surface area contributed by atoms with E-state index in [0.717, 1.165) is 11.0 Å². The van der Waals surface area contributed by atoms with E-state index in [1.165, 1.54) is 21.9 Å². The van der Waals surface area contributed by atoms with Crippen molar-refractivity contribution in [3.63, 3.8) is 0 Å². The van der Waals surface area contributed by atoms with Crippen molar-refractivity contribution in [1.29, 1.82) is 0 Å². The molecule has 3 fully saturated rings. The summed E-state index contributed by atoms with van der Waals surface area (Å²) in [7, 11) is -3.99. The third-order valence-corrected chi connectivity index (χ3v) is 12.2. The average molecular weight is 787 g/mol. The second kappa shape index (κ2) is 15.3. The molecule has 16 nitrogen and oxygen atoms in total. The molecule has 0 bridgehead atoms. The topological polar surface area (TPSA) is 201 Å². The Bertz CT molecular complexity index is 1910. The van der Waals surface area contributed by atoms with Gasteiger partial charge in [0.2, 0.25) is 27.7 Å². The van der Waals surface area contributed by atoms with E-state index < -0.39 is 92.2 Å². The minimum atomic E-state index is -3.99. The molecule has 2 saturated carbocycles. The zero-order valence-corrected chi connectivity index (χ0v) is 31.9. The number of rotatable bonds is 6. The zero-order valence-electron chi connectivity index (χ0n) is 31.0. The van der Waals surface area contributed by atoms with Gasteiger partial charge in [-0.1, -0.05) is 30.9 Å². The van der Waals surface area contributed by atoms with Gasteiger partial charge in [0.15, 0.2) is 0 Å². The SMILES string of the molecule is C=CC(=O)N1CC/C=C\[C@@H]2C[C@@]2(C(=O)NS(=O)(=O)C2CC2)NC(=O)[C@@H]2CC(OC(=O)N3Cc4cccc(F)c4C3)CN2C(=O)[C@@H](NC(=O)OC(C)(C)C)CC1. The van der Waals surface area contributed by atoms with E-state index in [0.29, 0.717) is 30.4 Å². The van der Waals surface area contributed by atoms with Crippen LogP contribution in [0.3, 0.4) is 0 Å². The van der Waals surface area contributed by atoms with Crippen molar-refractivity contribution in [1.82, 2.24) is 30.1 Å². The minimum Gasteiger partial charge on any atom is -0.444 e. The largest absolute Gasteiger partial charge is 0.444 e. The molecule has 1 unspecified atom stereocenters. The molecule has 1 saturated heterocycles. The predicted molar refractivity (Wildman–Crippen MR) is 193 cm³/mol. The van der Waals surface area contributed by atoms with Gasteiger partial charge < -0.3 is 29.9 Å². The van der Waals surface area contributed by atoms with Gasteiger partial charge in [-0.3, -0.25) is 28.8 Å². The summed E-state index contributed by atoms with van der Waals surface area (Å²) in [5, 5.41) is 4.61. The first kappa shape index (κ1) is 39.7. The molecular weight excluding hydrogens is 740 g/mol. The average Bonchev–Trinajstić information content (AvgIpc) is 3.99. The minimum absolute atomic E-state index is 0.00507. The van der Waals surface area contributed by atoms with E-state index >= 15 is 0 Å². The highest BCUT2D eigenvalue weighted by Crippen LogP contribution is 2.46. The van der Waals surface area contributed by atoms with Crippen LogP contribution < -0.4 is 15.4 Å². The first-order valence-corrected chi connectivity index (χ1v) is 19.9. The van der Waals surface area contributed by atoms with Crippen molar-refractivity contribution in [2.24, 2.45) is 5.92 Å². The summed E-state index contributed by atoms with van der Waals surface area (Å²) in [4.78, 5) is 85.7. The molecule has 1 aromatic rings. The molecule has 0 spiro atoms. The Balaban J connectivity index is 1.30. The van der Waals surface area contributed by atoms with Crippen molar-refractivity contribution in [3.8, 4) is 0 Å². The lowest BCUT2D eigenvalue weighted by atomic mass is 10.1. The highest BCUT2D eigenvalue weighted by atomic mass is 32.2. The molecule has 5 atom stereocenters. The Labute approximate surface area is 318 Å². The molecule has 3 heterocycles. The van der Waals surface area contributed by atoms with Crippen molar-refractivity contribution < 1.29 is 51.0 Å². The van der Waals surface area contributed by atoms with E-state index in [1.54, 1.807) is 39.0 Å². The highest BCUT2D eigenvalue weighted by molar-refractivity contribution is 7.91. The second-order valence-corrected chi connectivity index (χ2v) is 17.6. The van der Waals surface area contributed by atoms with E-state index in [9.17, 15) is 41.6 Å². The van der Waals surface area contributed by atoms with Gasteiger partial charge in [-0.05, 0) is 70.6 Å². The number of nitrogens with zero attached hydrogens (tertiary/aromatic N) is 3. The van der Waals surface area contributed by atoms with Crippen LogP contribution in [-0.2, 0) is 51.8 Å². The molecule has 2 aliphatic carbocycles. The van der Waals surface area contributed by atoms with Crippen molar-refractivity contribution in [3.05, 3.63) is 60.0 Å². The lowest BCUT2D eigenvalue weighted by Crippen LogP contribution is -2.58. The standard InChI is InChI=1S/C37H47FN6O10S/c1-5-30(45)42-15-7-6-10-23-18-37(23,33(48)41-55(51,52)25-12-13-25)40-31(46)29-17-24(53-35(50)43-19-22-9-8-11-27(38)26(22)21-43)20-44(29)32(47)28(14-16-42)39-34(49)54-36(2,3)4/h5-6,8-11,23-25,28-29H,1,7,12-21H2,2-4H3,(H,39,49)(H,40,46)(H,41,48)/b10-6-/t23-,24?,28+,29+,37-/m1/s1. The smallest absolute Gasteiger partial charge is 0.410 e. The number of sulfonamides is 1. The van der Waals surface area contributed by atoms with Gasteiger partial charge in [-0.2, -0.15) is 0 Å². The quantitative estimate of drug-likeness (QED) is 0.283. The van der Waals surface area contributed by atoms with E-state index in [2.05, 4.69) is 21.9 Å². The number of fused-ring (bicyclic) bond motifs is 3. The maximum Gasteiger partial charge on any atom is 0.410 e. The van der Waals surface area contributed by atoms with Gasteiger partial charge in [0.25, 0.3) is 5.91 Å². The normalized spacial score (nSPS) is 27.6. The maximum absolute atomic E-state index is 14.5. The number of hydrogen-bond acceptors (Lipinski definition) is 10. The summed E-state index contributed by atoms with van der Waals surface area (Å²) in [5.41, 5.74) is -1.63. The zero-order chi connectivity index (χ0) is 39.9. The Morgan fingerprint density at radius 1 is 1.07 bits per heavy atom. The van der Waals surface area contributed by atoms with Gasteiger partial charge in [-0.15, -0.1) is 0 Å². The summed E-state index contributed by atoms with van der Waals surface area (Å²) in [6.45, 7) is 8.42. The Kier molecular flexibility index (Phi) is 11.0. The number of nitrogens with one attached hydrogen (secondary N) is 3. The summed E-state index contributed by atoms with van der Waals surface area (Å²) < 4.78 is 53.5. The molecule has 298 valence electrons. The molecule has 0 aromatic heterocycles. The number of hydrogen-bond donors (Lipinski definition) is 3. The van der Waals surface area contributed by atoms with Gasteiger partial charge in [-0.25, -0.2) is 22.4 Å². The molecule has 55 heavy (non-hydrogen) atoms. The molecule has 3 N–H and O–H groups in total. The number of halogens is 1. The van der Waals surface area contributed by atoms with Gasteiger partial charge in [0, 0.05) is 37.5 Å². The van der Waals surface area contributed by atoms with E-state index in [-0.39, 0.29) is 52.0 Å². The number of ether oxygens (including phenoxy) is 2. The molecule has 5 aliphatic rings. The highest BCUT2D eigenvalue weighted by Gasteiger charge is 2.62. The van der Waals surface area contributed by atoms with Gasteiger partial charge >= 0.3 is 12.2 Å². The van der Waals surface area contributed by atoms with Crippen LogP contribution in [0, 0.1) is 11.7 Å². The van der Waals surface area contributed by atoms with Gasteiger partial charge in [0.1, 0.15) is 35.1 Å². The van der Waals surface area contributed by atoms with Crippen LogP contribution in [0.5, 0.6) is 0 Å². The lowest BCUT2D eigenvalue weighted by Gasteiger charge is -2.31. The van der Waals surface area contributed by atoms with Gasteiger partial charge in [0.05, 0.1) is 18.3 Å². The Morgan fingerprint density at radius 2 is 1.82 bits per heavy atom. The predicted octanol–water partition coefficient (Wildman–Crippen LogP) is 1.99. The van der Waals surface area contributed by atoms with Crippen LogP contribution in [0.4, 0.5) is 14.0 Å². The van der Waals surface area contributed by atoms with E-state index in [1.807, 2.05) is 0 Å². The molecule has 1 aromatic carbocycles. The maximum atomic E-state index is 14.5. The number of alkyl carbamates (subject to hydrolysis) is 1. The monoisotopic (exact) mass is 786 g/mol. The number of benzene rings is 1. The molecule has 6 amide bonds. The first-order valence-electron chi connectivity index (χ1n) is 18.4. The number of carbonyl (C=O) groups is 6. The fraction of sp³-hybridized carbons (Fsp3) is 0.568. The van der Waals surface area contributed by atoms with Crippen LogP contribution in [0.15, 0.2) is 43.0 Å². The molecular formula is C37H47FN6O10S. The fourth-order valence-corrected chi connectivity index (χ4v) is 8.58. The van der Waals surface area contributed by atoms with Crippen molar-refractivity contribution >= 4 is 45.8 Å². The molecule has 3 aliphatic heterocycles. The van der Waals surface area contributed by atoms with E-state index in [4.69, 9.17) is 9.47 Å². The fourth-order valence-electron chi connectivity index (χ4n) is 7.21. The van der Waals surface area contributed by atoms with Crippen LogP contribution in [0.25, 0.3) is 0 Å². The van der Waals surface area contributed by atoms with Crippen molar-refractivity contribution in [2.75, 3.05) is 19.6 Å². The Morgan fingerprint density at radius 3 is 2.49 bits per heavy atom. The summed E-state index contributed by atoms with van der Waals surface area (Å²) in [6.07, 6.45) is 2.65.